The number of aromatic carboxylic acids is 1. The molecule has 2 aromatic rings. The van der Waals surface area contributed by atoms with Crippen LogP contribution >= 0.6 is 0 Å². The van der Waals surface area contributed by atoms with E-state index in [-0.39, 0.29) is 5.56 Å². The first kappa shape index (κ1) is 19.0. The molecule has 0 aliphatic rings. The van der Waals surface area contributed by atoms with Crippen molar-refractivity contribution in [3.05, 3.63) is 70.8 Å². The lowest BCUT2D eigenvalue weighted by Gasteiger charge is -2.24. The monoisotopic (exact) mass is 348 g/mol. The van der Waals surface area contributed by atoms with E-state index < -0.39 is 17.6 Å². The van der Waals surface area contributed by atoms with E-state index in [2.05, 4.69) is 0 Å². The van der Waals surface area contributed by atoms with E-state index in [4.69, 9.17) is 5.11 Å². The Kier molecular flexibility index (Phi) is 6.61. The number of carboxylic acid groups (broad SMARTS) is 1. The van der Waals surface area contributed by atoms with Gasteiger partial charge in [-0.1, -0.05) is 18.2 Å². The maximum atomic E-state index is 14.0. The summed E-state index contributed by atoms with van der Waals surface area (Å²) in [6.45, 7) is 2.23. The number of rotatable bonds is 8. The first-order valence-electron chi connectivity index (χ1n) is 7.98. The predicted octanol–water partition coefficient (Wildman–Crippen LogP) is 3.23. The standard InChI is InChI=1S/C19H22F2N2O2/c1-22(2)8-9-23(13-16-6-7-17(20)11-18(16)21)12-14-4-3-5-15(10-14)19(24)25/h3-7,10-11H,8-9,12-13H2,1-2H3,(H,24,25). The van der Waals surface area contributed by atoms with Gasteiger partial charge in [0.1, 0.15) is 11.6 Å². The molecule has 2 rings (SSSR count). The average Bonchev–Trinajstić information content (AvgIpc) is 2.55. The molecule has 0 aliphatic heterocycles. The van der Waals surface area contributed by atoms with Gasteiger partial charge in [-0.05, 0) is 37.9 Å². The summed E-state index contributed by atoms with van der Waals surface area (Å²) in [4.78, 5) is 15.1. The largest absolute Gasteiger partial charge is 0.478 e. The lowest BCUT2D eigenvalue weighted by Crippen LogP contribution is -2.31. The molecular formula is C19H22F2N2O2. The van der Waals surface area contributed by atoms with Crippen molar-refractivity contribution >= 4 is 5.97 Å². The van der Waals surface area contributed by atoms with Crippen LogP contribution in [0.5, 0.6) is 0 Å². The number of hydrogen-bond donors (Lipinski definition) is 1. The van der Waals surface area contributed by atoms with Crippen LogP contribution in [-0.2, 0) is 13.1 Å². The van der Waals surface area contributed by atoms with Gasteiger partial charge in [-0.25, -0.2) is 13.6 Å². The number of benzene rings is 2. The molecule has 6 heteroatoms. The second-order valence-electron chi connectivity index (χ2n) is 6.26. The predicted molar refractivity (Wildman–Crippen MR) is 92.4 cm³/mol. The number of halogens is 2. The Morgan fingerprint density at radius 3 is 2.44 bits per heavy atom. The molecule has 134 valence electrons. The highest BCUT2D eigenvalue weighted by atomic mass is 19.1. The van der Waals surface area contributed by atoms with Gasteiger partial charge >= 0.3 is 5.97 Å². The van der Waals surface area contributed by atoms with Crippen LogP contribution in [0.1, 0.15) is 21.5 Å². The maximum absolute atomic E-state index is 14.0. The Bertz CT molecular complexity index is 735. The van der Waals surface area contributed by atoms with Crippen molar-refractivity contribution in [3.8, 4) is 0 Å². The van der Waals surface area contributed by atoms with Crippen LogP contribution < -0.4 is 0 Å². The summed E-state index contributed by atoms with van der Waals surface area (Å²) in [5.41, 5.74) is 1.47. The van der Waals surface area contributed by atoms with E-state index in [9.17, 15) is 13.6 Å². The first-order chi connectivity index (χ1) is 11.8. The summed E-state index contributed by atoms with van der Waals surface area (Å²) >= 11 is 0. The summed E-state index contributed by atoms with van der Waals surface area (Å²) in [5.74, 6) is -2.16. The molecule has 0 unspecified atom stereocenters. The molecule has 0 aromatic heterocycles. The van der Waals surface area contributed by atoms with Gasteiger partial charge in [-0.2, -0.15) is 0 Å². The number of nitrogens with zero attached hydrogens (tertiary/aromatic N) is 2. The molecule has 0 radical (unpaired) electrons. The fraction of sp³-hybridized carbons (Fsp3) is 0.316. The van der Waals surface area contributed by atoms with E-state index in [0.717, 1.165) is 18.2 Å². The smallest absolute Gasteiger partial charge is 0.335 e. The number of carboxylic acids is 1. The molecule has 0 bridgehead atoms. The van der Waals surface area contributed by atoms with Gasteiger partial charge < -0.3 is 10.0 Å². The Hall–Kier alpha value is -2.31. The molecule has 0 saturated heterocycles. The van der Waals surface area contributed by atoms with Crippen molar-refractivity contribution in [1.29, 1.82) is 0 Å². The highest BCUT2D eigenvalue weighted by Crippen LogP contribution is 2.15. The van der Waals surface area contributed by atoms with E-state index in [1.165, 1.54) is 18.2 Å². The minimum Gasteiger partial charge on any atom is -0.478 e. The van der Waals surface area contributed by atoms with E-state index in [1.54, 1.807) is 12.1 Å². The Balaban J connectivity index is 2.17. The van der Waals surface area contributed by atoms with Gasteiger partial charge in [-0.15, -0.1) is 0 Å². The SMILES string of the molecule is CN(C)CCN(Cc1cccc(C(=O)O)c1)Cc1ccc(F)cc1F. The van der Waals surface area contributed by atoms with Gasteiger partial charge in [0.2, 0.25) is 0 Å². The van der Waals surface area contributed by atoms with Crippen LogP contribution in [0.2, 0.25) is 0 Å². The normalized spacial score (nSPS) is 11.3. The number of hydrogen-bond acceptors (Lipinski definition) is 3. The van der Waals surface area contributed by atoms with Crippen molar-refractivity contribution in [2.75, 3.05) is 27.2 Å². The van der Waals surface area contributed by atoms with Crippen molar-refractivity contribution < 1.29 is 18.7 Å². The van der Waals surface area contributed by atoms with Crippen LogP contribution in [0, 0.1) is 11.6 Å². The van der Waals surface area contributed by atoms with Crippen LogP contribution in [0.25, 0.3) is 0 Å². The Labute approximate surface area is 146 Å². The van der Waals surface area contributed by atoms with Crippen LogP contribution in [0.15, 0.2) is 42.5 Å². The Morgan fingerprint density at radius 2 is 1.80 bits per heavy atom. The van der Waals surface area contributed by atoms with Crippen molar-refractivity contribution in [3.63, 3.8) is 0 Å². The van der Waals surface area contributed by atoms with Crippen molar-refractivity contribution in [2.45, 2.75) is 13.1 Å². The second kappa shape index (κ2) is 8.69. The van der Waals surface area contributed by atoms with Gasteiger partial charge in [0.25, 0.3) is 0 Å². The van der Waals surface area contributed by atoms with Crippen LogP contribution in [-0.4, -0.2) is 48.1 Å². The molecule has 4 nitrogen and oxygen atoms in total. The van der Waals surface area contributed by atoms with Crippen LogP contribution in [0.4, 0.5) is 8.78 Å². The highest BCUT2D eigenvalue weighted by molar-refractivity contribution is 5.87. The zero-order valence-corrected chi connectivity index (χ0v) is 14.4. The molecule has 2 aromatic carbocycles. The summed E-state index contributed by atoms with van der Waals surface area (Å²) in [6.07, 6.45) is 0. The summed E-state index contributed by atoms with van der Waals surface area (Å²) in [6, 6.07) is 10.3. The molecule has 0 spiro atoms. The zero-order chi connectivity index (χ0) is 18.4. The van der Waals surface area contributed by atoms with E-state index in [1.807, 2.05) is 30.0 Å². The third-order valence-electron chi connectivity index (χ3n) is 3.85. The average molecular weight is 348 g/mol. The maximum Gasteiger partial charge on any atom is 0.335 e. The lowest BCUT2D eigenvalue weighted by molar-refractivity contribution is 0.0696. The molecule has 0 saturated carbocycles. The molecule has 0 amide bonds. The summed E-state index contributed by atoms with van der Waals surface area (Å²) in [7, 11) is 3.89. The first-order valence-corrected chi connectivity index (χ1v) is 7.98. The third-order valence-corrected chi connectivity index (χ3v) is 3.85. The third kappa shape index (κ3) is 5.92. The fourth-order valence-corrected chi connectivity index (χ4v) is 2.51. The fourth-order valence-electron chi connectivity index (χ4n) is 2.51. The molecule has 0 fully saturated rings. The molecule has 25 heavy (non-hydrogen) atoms. The lowest BCUT2D eigenvalue weighted by atomic mass is 10.1. The van der Waals surface area contributed by atoms with Gasteiger partial charge in [0, 0.05) is 37.8 Å². The minimum absolute atomic E-state index is 0.220. The van der Waals surface area contributed by atoms with Crippen molar-refractivity contribution in [1.82, 2.24) is 9.80 Å². The zero-order valence-electron chi connectivity index (χ0n) is 14.4. The topological polar surface area (TPSA) is 43.8 Å². The minimum atomic E-state index is -0.980. The molecular weight excluding hydrogens is 326 g/mol. The van der Waals surface area contributed by atoms with Gasteiger partial charge in [0.15, 0.2) is 0 Å². The van der Waals surface area contributed by atoms with Gasteiger partial charge in [-0.3, -0.25) is 4.90 Å². The second-order valence-corrected chi connectivity index (χ2v) is 6.26. The molecule has 0 heterocycles. The molecule has 0 atom stereocenters. The number of carbonyl (C=O) groups is 1. The molecule has 0 aliphatic carbocycles. The summed E-state index contributed by atoms with van der Waals surface area (Å²) < 4.78 is 27.1. The van der Waals surface area contributed by atoms with E-state index >= 15 is 0 Å². The van der Waals surface area contributed by atoms with Crippen molar-refractivity contribution in [2.24, 2.45) is 0 Å². The summed E-state index contributed by atoms with van der Waals surface area (Å²) in [5, 5.41) is 9.11. The number of likely N-dealkylation sites (N-methyl/N-ethyl adjacent to an activating group) is 1. The highest BCUT2D eigenvalue weighted by Gasteiger charge is 2.13. The van der Waals surface area contributed by atoms with E-state index in [0.29, 0.717) is 25.2 Å². The quantitative estimate of drug-likeness (QED) is 0.795. The molecule has 1 N–H and O–H groups in total. The van der Waals surface area contributed by atoms with Gasteiger partial charge in [0.05, 0.1) is 5.56 Å². The van der Waals surface area contributed by atoms with Crippen LogP contribution in [0.3, 0.4) is 0 Å². The Morgan fingerprint density at radius 1 is 1.04 bits per heavy atom.